The van der Waals surface area contributed by atoms with Crippen molar-refractivity contribution in [3.8, 4) is 0 Å². The summed E-state index contributed by atoms with van der Waals surface area (Å²) in [4.78, 5) is 25.1. The van der Waals surface area contributed by atoms with Crippen LogP contribution in [-0.4, -0.2) is 36.2 Å². The molecule has 0 spiro atoms. The molecule has 0 aliphatic carbocycles. The second-order valence-corrected chi connectivity index (χ2v) is 7.98. The second-order valence-electron chi connectivity index (χ2n) is 7.58. The molecule has 3 N–H and O–H groups in total. The van der Waals surface area contributed by atoms with E-state index in [1.165, 1.54) is 0 Å². The van der Waals surface area contributed by atoms with Crippen LogP contribution in [0.25, 0.3) is 0 Å². The van der Waals surface area contributed by atoms with Crippen molar-refractivity contribution in [2.45, 2.75) is 38.7 Å². The van der Waals surface area contributed by atoms with E-state index in [1.807, 2.05) is 12.1 Å². The first-order valence-electron chi connectivity index (χ1n) is 10.1. The molecular weight excluding hydrogens is 398 g/mol. The van der Waals surface area contributed by atoms with Crippen LogP contribution in [0.2, 0.25) is 0 Å². The molecule has 1 saturated heterocycles. The first kappa shape index (κ1) is 21.9. The summed E-state index contributed by atoms with van der Waals surface area (Å²) in [5, 5.41) is 8.66. The lowest BCUT2D eigenvalue weighted by Gasteiger charge is -2.15. The van der Waals surface area contributed by atoms with Crippen molar-refractivity contribution in [1.82, 2.24) is 10.6 Å². The van der Waals surface area contributed by atoms with Crippen molar-refractivity contribution in [2.75, 3.05) is 18.5 Å². The highest BCUT2D eigenvalue weighted by atomic mass is 32.1. The minimum atomic E-state index is -0.303. The predicted molar refractivity (Wildman–Crippen MR) is 122 cm³/mol. The van der Waals surface area contributed by atoms with Gasteiger partial charge in [0.15, 0.2) is 5.11 Å². The van der Waals surface area contributed by atoms with E-state index in [1.54, 1.807) is 36.4 Å². The number of ether oxygens (including phenoxy) is 1. The van der Waals surface area contributed by atoms with Crippen molar-refractivity contribution in [2.24, 2.45) is 0 Å². The van der Waals surface area contributed by atoms with Crippen LogP contribution < -0.4 is 16.0 Å². The zero-order valence-electron chi connectivity index (χ0n) is 17.2. The maximum atomic E-state index is 12.6. The monoisotopic (exact) mass is 425 g/mol. The first-order chi connectivity index (χ1) is 14.4. The molecule has 1 aliphatic heterocycles. The van der Waals surface area contributed by atoms with Gasteiger partial charge in [-0.1, -0.05) is 38.1 Å². The van der Waals surface area contributed by atoms with Gasteiger partial charge >= 0.3 is 0 Å². The molecule has 3 rings (SSSR count). The summed E-state index contributed by atoms with van der Waals surface area (Å²) in [7, 11) is 0. The lowest BCUT2D eigenvalue weighted by molar-refractivity contribution is 0.0858. The molecule has 0 aromatic heterocycles. The molecule has 158 valence electrons. The topological polar surface area (TPSA) is 79.5 Å². The van der Waals surface area contributed by atoms with Gasteiger partial charge in [-0.05, 0) is 60.8 Å². The number of nitrogens with one attached hydrogen (secondary N) is 3. The van der Waals surface area contributed by atoms with Crippen LogP contribution >= 0.6 is 12.2 Å². The molecule has 0 radical (unpaired) electrons. The Kier molecular flexibility index (Phi) is 7.54. The number of para-hydroxylation sites is 1. The highest BCUT2D eigenvalue weighted by Gasteiger charge is 2.18. The molecule has 2 amide bonds. The average molecular weight is 426 g/mol. The van der Waals surface area contributed by atoms with E-state index < -0.39 is 0 Å². The highest BCUT2D eigenvalue weighted by Crippen LogP contribution is 2.17. The van der Waals surface area contributed by atoms with E-state index in [2.05, 4.69) is 29.8 Å². The molecule has 0 saturated carbocycles. The van der Waals surface area contributed by atoms with Gasteiger partial charge in [0.25, 0.3) is 11.8 Å². The van der Waals surface area contributed by atoms with Crippen LogP contribution in [0.3, 0.4) is 0 Å². The maximum Gasteiger partial charge on any atom is 0.257 e. The van der Waals surface area contributed by atoms with E-state index in [4.69, 9.17) is 17.0 Å². The molecule has 0 bridgehead atoms. The number of carbonyl (C=O) groups is 2. The third-order valence-corrected chi connectivity index (χ3v) is 5.20. The minimum Gasteiger partial charge on any atom is -0.376 e. The van der Waals surface area contributed by atoms with Crippen LogP contribution in [0.1, 0.15) is 58.9 Å². The summed E-state index contributed by atoms with van der Waals surface area (Å²) in [5.74, 6) is -0.122. The van der Waals surface area contributed by atoms with E-state index in [0.29, 0.717) is 29.3 Å². The Morgan fingerprint density at radius 2 is 1.83 bits per heavy atom. The first-order valence-corrected chi connectivity index (χ1v) is 10.6. The minimum absolute atomic E-state index is 0.0662. The number of rotatable bonds is 6. The zero-order valence-corrected chi connectivity index (χ0v) is 18.1. The molecule has 1 unspecified atom stereocenters. The van der Waals surface area contributed by atoms with Gasteiger partial charge in [-0.3, -0.25) is 14.9 Å². The Hall–Kier alpha value is -2.77. The van der Waals surface area contributed by atoms with E-state index >= 15 is 0 Å². The van der Waals surface area contributed by atoms with Gasteiger partial charge in [0.05, 0.1) is 17.4 Å². The number of hydrogen-bond donors (Lipinski definition) is 3. The Morgan fingerprint density at radius 1 is 1.10 bits per heavy atom. The number of benzene rings is 2. The summed E-state index contributed by atoms with van der Waals surface area (Å²) in [6, 6.07) is 14.5. The largest absolute Gasteiger partial charge is 0.376 e. The highest BCUT2D eigenvalue weighted by molar-refractivity contribution is 7.80. The normalized spacial score (nSPS) is 15.6. The van der Waals surface area contributed by atoms with Crippen molar-refractivity contribution < 1.29 is 14.3 Å². The van der Waals surface area contributed by atoms with Crippen molar-refractivity contribution in [3.05, 3.63) is 65.2 Å². The molecule has 1 aliphatic rings. The Morgan fingerprint density at radius 3 is 2.50 bits per heavy atom. The summed E-state index contributed by atoms with van der Waals surface area (Å²) in [6.07, 6.45) is 2.04. The standard InChI is InChI=1S/C23H27N3O3S/c1-15(2)16-9-11-17(12-10-16)21(27)26-23(30)25-20-8-4-3-7-19(20)22(28)24-14-18-6-5-13-29-18/h3-4,7-12,15,18H,5-6,13-14H2,1-2H3,(H,24,28)(H2,25,26,27,30). The Balaban J connectivity index is 1.59. The summed E-state index contributed by atoms with van der Waals surface area (Å²) in [5.41, 5.74) is 2.66. The lowest BCUT2D eigenvalue weighted by atomic mass is 10.0. The van der Waals surface area contributed by atoms with Crippen molar-refractivity contribution >= 4 is 34.8 Å². The van der Waals surface area contributed by atoms with Gasteiger partial charge in [0.2, 0.25) is 0 Å². The van der Waals surface area contributed by atoms with Crippen LogP contribution in [0.4, 0.5) is 5.69 Å². The van der Waals surface area contributed by atoms with E-state index in [0.717, 1.165) is 25.0 Å². The fraction of sp³-hybridized carbons (Fsp3) is 0.348. The molecule has 6 nitrogen and oxygen atoms in total. The number of thiocarbonyl (C=S) groups is 1. The fourth-order valence-electron chi connectivity index (χ4n) is 3.25. The number of anilines is 1. The second kappa shape index (κ2) is 10.3. The molecule has 30 heavy (non-hydrogen) atoms. The summed E-state index contributed by atoms with van der Waals surface area (Å²) >= 11 is 5.28. The average Bonchev–Trinajstić information content (AvgIpc) is 3.26. The van der Waals surface area contributed by atoms with Gasteiger partial charge in [-0.25, -0.2) is 0 Å². The number of carbonyl (C=O) groups excluding carboxylic acids is 2. The maximum absolute atomic E-state index is 12.6. The molecule has 1 atom stereocenters. The van der Waals surface area contributed by atoms with Gasteiger partial charge in [0, 0.05) is 18.7 Å². The summed E-state index contributed by atoms with van der Waals surface area (Å²) in [6.45, 7) is 5.42. The van der Waals surface area contributed by atoms with Crippen LogP contribution in [0.15, 0.2) is 48.5 Å². The Bertz CT molecular complexity index is 906. The number of hydrogen-bond acceptors (Lipinski definition) is 4. The lowest BCUT2D eigenvalue weighted by Crippen LogP contribution is -2.35. The Labute approximate surface area is 182 Å². The smallest absolute Gasteiger partial charge is 0.257 e. The van der Waals surface area contributed by atoms with Crippen molar-refractivity contribution in [1.29, 1.82) is 0 Å². The molecule has 7 heteroatoms. The summed E-state index contributed by atoms with van der Waals surface area (Å²) < 4.78 is 5.54. The third-order valence-electron chi connectivity index (χ3n) is 5.00. The van der Waals surface area contributed by atoms with Gasteiger partial charge in [0.1, 0.15) is 0 Å². The van der Waals surface area contributed by atoms with Gasteiger partial charge in [-0.15, -0.1) is 0 Å². The van der Waals surface area contributed by atoms with Crippen LogP contribution in [0, 0.1) is 0 Å². The van der Waals surface area contributed by atoms with Gasteiger partial charge < -0.3 is 15.4 Å². The predicted octanol–water partition coefficient (Wildman–Crippen LogP) is 3.85. The molecule has 1 heterocycles. The number of amides is 2. The SMILES string of the molecule is CC(C)c1ccc(C(=O)NC(=S)Nc2ccccc2C(=O)NCC2CCCO2)cc1. The van der Waals surface area contributed by atoms with Gasteiger partial charge in [-0.2, -0.15) is 0 Å². The third kappa shape index (κ3) is 5.87. The van der Waals surface area contributed by atoms with Crippen LogP contribution in [0.5, 0.6) is 0 Å². The molecule has 2 aromatic rings. The van der Waals surface area contributed by atoms with E-state index in [-0.39, 0.29) is 23.0 Å². The molecule has 2 aromatic carbocycles. The molecular formula is C23H27N3O3S. The quantitative estimate of drug-likeness (QED) is 0.613. The fourth-order valence-corrected chi connectivity index (χ4v) is 3.45. The van der Waals surface area contributed by atoms with E-state index in [9.17, 15) is 9.59 Å². The van der Waals surface area contributed by atoms with Crippen LogP contribution in [-0.2, 0) is 4.74 Å². The molecule has 1 fully saturated rings. The zero-order chi connectivity index (χ0) is 21.5. The van der Waals surface area contributed by atoms with Crippen molar-refractivity contribution in [3.63, 3.8) is 0 Å².